The Morgan fingerprint density at radius 1 is 0.464 bits per heavy atom. The Kier molecular flexibility index (Phi) is 12.7. The summed E-state index contributed by atoms with van der Waals surface area (Å²) in [6.45, 7) is 15.9. The number of hydrogen-bond donors (Lipinski definition) is 3. The summed E-state index contributed by atoms with van der Waals surface area (Å²) in [5.74, 6) is -5.77. The van der Waals surface area contributed by atoms with Gasteiger partial charge in [-0.1, -0.05) is 55.4 Å². The Morgan fingerprint density at radius 3 is 0.714 bits per heavy atom. The summed E-state index contributed by atoms with van der Waals surface area (Å²) in [7, 11) is 0. The van der Waals surface area contributed by atoms with Gasteiger partial charge >= 0.3 is 17.9 Å². The molecule has 0 radical (unpaired) electrons. The van der Waals surface area contributed by atoms with Crippen molar-refractivity contribution >= 4 is 23.7 Å². The molecule has 4 unspecified atom stereocenters. The monoisotopic (exact) mass is 402 g/mol. The second-order valence-electron chi connectivity index (χ2n) is 8.70. The van der Waals surface area contributed by atoms with Gasteiger partial charge in [-0.25, -0.2) is 0 Å². The molecule has 0 fully saturated rings. The molecule has 0 aromatic heterocycles. The summed E-state index contributed by atoms with van der Waals surface area (Å²) in [6, 6.07) is 0. The molecule has 28 heavy (non-hydrogen) atoms. The van der Waals surface area contributed by atoms with Crippen molar-refractivity contribution < 1.29 is 34.5 Å². The van der Waals surface area contributed by atoms with E-state index in [9.17, 15) is 19.2 Å². The van der Waals surface area contributed by atoms with Crippen molar-refractivity contribution in [3.05, 3.63) is 0 Å². The third-order valence-corrected chi connectivity index (χ3v) is 4.97. The van der Waals surface area contributed by atoms with Crippen molar-refractivity contribution in [1.29, 1.82) is 0 Å². The van der Waals surface area contributed by atoms with Gasteiger partial charge in [-0.3, -0.25) is 19.2 Å². The van der Waals surface area contributed by atoms with Gasteiger partial charge < -0.3 is 15.3 Å². The Labute approximate surface area is 168 Å². The molecule has 0 aliphatic rings. The number of carbonyl (C=O) groups is 4. The molecule has 0 aromatic carbocycles. The van der Waals surface area contributed by atoms with E-state index in [1.165, 1.54) is 6.92 Å². The van der Waals surface area contributed by atoms with Crippen molar-refractivity contribution in [2.24, 2.45) is 47.3 Å². The summed E-state index contributed by atoms with van der Waals surface area (Å²) in [5.41, 5.74) is 0. The minimum absolute atomic E-state index is 0.0104. The molecule has 0 bridgehead atoms. The fourth-order valence-electron chi connectivity index (χ4n) is 3.70. The molecule has 4 atom stereocenters. The average Bonchev–Trinajstić information content (AvgIpc) is 2.47. The Hall–Kier alpha value is -1.92. The topological polar surface area (TPSA) is 129 Å². The van der Waals surface area contributed by atoms with Gasteiger partial charge in [0.05, 0.1) is 17.8 Å². The van der Waals surface area contributed by atoms with E-state index in [2.05, 4.69) is 0 Å². The summed E-state index contributed by atoms with van der Waals surface area (Å²) >= 11 is 0. The van der Waals surface area contributed by atoms with Crippen LogP contribution in [0, 0.1) is 47.3 Å². The normalized spacial score (nSPS) is 15.6. The smallest absolute Gasteiger partial charge is 0.307 e. The van der Waals surface area contributed by atoms with E-state index in [4.69, 9.17) is 15.3 Å². The van der Waals surface area contributed by atoms with Crippen LogP contribution in [0.3, 0.4) is 0 Å². The zero-order valence-electron chi connectivity index (χ0n) is 18.6. The number of carbonyl (C=O) groups excluding carboxylic acids is 1. The van der Waals surface area contributed by atoms with Crippen LogP contribution in [0.15, 0.2) is 0 Å². The molecule has 0 amide bonds. The van der Waals surface area contributed by atoms with E-state index in [0.717, 1.165) is 0 Å². The Balaban J connectivity index is 0. The highest BCUT2D eigenvalue weighted by Gasteiger charge is 2.38. The van der Waals surface area contributed by atoms with Crippen LogP contribution in [-0.4, -0.2) is 39.0 Å². The predicted molar refractivity (Wildman–Crippen MR) is 107 cm³/mol. The first-order valence-corrected chi connectivity index (χ1v) is 9.76. The van der Waals surface area contributed by atoms with E-state index >= 15 is 0 Å². The molecule has 7 heteroatoms. The second-order valence-corrected chi connectivity index (χ2v) is 8.70. The molecule has 7 nitrogen and oxygen atoms in total. The first kappa shape index (κ1) is 28.3. The highest BCUT2D eigenvalue weighted by Crippen LogP contribution is 2.29. The SMILES string of the molecule is CC(=O)C(C(C)C)C(C(=O)O)C(C)C.CC(C)C(C(=O)O)C(C(=O)O)C(C)C. The molecule has 0 heterocycles. The van der Waals surface area contributed by atoms with E-state index in [1.54, 1.807) is 27.7 Å². The first-order chi connectivity index (χ1) is 12.6. The van der Waals surface area contributed by atoms with Gasteiger partial charge in [0, 0.05) is 5.92 Å². The van der Waals surface area contributed by atoms with Crippen LogP contribution >= 0.6 is 0 Å². The van der Waals surface area contributed by atoms with Gasteiger partial charge in [0.2, 0.25) is 0 Å². The summed E-state index contributed by atoms with van der Waals surface area (Å²) < 4.78 is 0. The number of ketones is 1. The first-order valence-electron chi connectivity index (χ1n) is 9.76. The maximum Gasteiger partial charge on any atom is 0.307 e. The summed E-state index contributed by atoms with van der Waals surface area (Å²) in [4.78, 5) is 44.3. The van der Waals surface area contributed by atoms with Crippen LogP contribution in [0.5, 0.6) is 0 Å². The third kappa shape index (κ3) is 8.85. The van der Waals surface area contributed by atoms with Crippen molar-refractivity contribution in [2.75, 3.05) is 0 Å². The van der Waals surface area contributed by atoms with Gasteiger partial charge in [0.25, 0.3) is 0 Å². The molecule has 0 aliphatic carbocycles. The van der Waals surface area contributed by atoms with Crippen LogP contribution in [0.1, 0.15) is 62.3 Å². The summed E-state index contributed by atoms with van der Waals surface area (Å²) in [6.07, 6.45) is 0. The van der Waals surface area contributed by atoms with Crippen LogP contribution in [0.25, 0.3) is 0 Å². The van der Waals surface area contributed by atoms with Crippen molar-refractivity contribution in [3.63, 3.8) is 0 Å². The van der Waals surface area contributed by atoms with Gasteiger partial charge in [-0.15, -0.1) is 0 Å². The Bertz CT molecular complexity index is 439. The van der Waals surface area contributed by atoms with Gasteiger partial charge in [0.1, 0.15) is 5.78 Å². The van der Waals surface area contributed by atoms with Crippen LogP contribution in [0.4, 0.5) is 0 Å². The van der Waals surface area contributed by atoms with Crippen molar-refractivity contribution in [2.45, 2.75) is 62.3 Å². The maximum absolute atomic E-state index is 11.4. The maximum atomic E-state index is 11.4. The van der Waals surface area contributed by atoms with E-state index in [-0.39, 0.29) is 35.4 Å². The van der Waals surface area contributed by atoms with E-state index < -0.39 is 35.7 Å². The number of carboxylic acids is 3. The van der Waals surface area contributed by atoms with Crippen LogP contribution in [0.2, 0.25) is 0 Å². The summed E-state index contributed by atoms with van der Waals surface area (Å²) in [5, 5.41) is 27.0. The Morgan fingerprint density at radius 2 is 0.643 bits per heavy atom. The fourth-order valence-corrected chi connectivity index (χ4v) is 3.70. The van der Waals surface area contributed by atoms with Crippen molar-refractivity contribution in [1.82, 2.24) is 0 Å². The average molecular weight is 403 g/mol. The molecule has 0 aliphatic heterocycles. The molecule has 0 rings (SSSR count). The second kappa shape index (κ2) is 12.5. The van der Waals surface area contributed by atoms with E-state index in [0.29, 0.717) is 0 Å². The molecular formula is C21H38O7. The van der Waals surface area contributed by atoms with Gasteiger partial charge in [-0.05, 0) is 30.6 Å². The third-order valence-electron chi connectivity index (χ3n) is 4.97. The molecular weight excluding hydrogens is 364 g/mol. The molecule has 0 spiro atoms. The van der Waals surface area contributed by atoms with Gasteiger partial charge in [-0.2, -0.15) is 0 Å². The number of carboxylic acid groups (broad SMARTS) is 3. The predicted octanol–water partition coefficient (Wildman–Crippen LogP) is 3.90. The molecule has 0 saturated carbocycles. The number of aliphatic carboxylic acids is 3. The number of Topliss-reactive ketones (excluding diaryl/α,β-unsaturated/α-hetero) is 1. The molecule has 3 N–H and O–H groups in total. The van der Waals surface area contributed by atoms with Crippen molar-refractivity contribution in [3.8, 4) is 0 Å². The van der Waals surface area contributed by atoms with Crippen LogP contribution < -0.4 is 0 Å². The van der Waals surface area contributed by atoms with Crippen LogP contribution in [-0.2, 0) is 19.2 Å². The molecule has 164 valence electrons. The minimum Gasteiger partial charge on any atom is -0.481 e. The number of hydrogen-bond acceptors (Lipinski definition) is 4. The standard InChI is InChI=1S/C11H20O3.C10H18O4/c1-6(2)9(8(5)12)10(7(3)4)11(13)14;1-5(2)7(9(11)12)8(6(3)4)10(13)14/h6-7,9-10H,1-5H3,(H,13,14);5-8H,1-4H3,(H,11,12)(H,13,14). The lowest BCUT2D eigenvalue weighted by Gasteiger charge is -2.27. The fraction of sp³-hybridized carbons (Fsp3) is 0.810. The number of rotatable bonds is 10. The lowest BCUT2D eigenvalue weighted by molar-refractivity contribution is -0.157. The van der Waals surface area contributed by atoms with E-state index in [1.807, 2.05) is 27.7 Å². The zero-order valence-corrected chi connectivity index (χ0v) is 18.6. The lowest BCUT2D eigenvalue weighted by Crippen LogP contribution is -2.36. The highest BCUT2D eigenvalue weighted by molar-refractivity contribution is 5.84. The lowest BCUT2D eigenvalue weighted by atomic mass is 9.75. The molecule has 0 saturated heterocycles. The quantitative estimate of drug-likeness (QED) is 0.505. The highest BCUT2D eigenvalue weighted by atomic mass is 16.4. The largest absolute Gasteiger partial charge is 0.481 e. The zero-order chi connectivity index (χ0) is 22.9. The minimum atomic E-state index is -1.03. The van der Waals surface area contributed by atoms with Gasteiger partial charge in [0.15, 0.2) is 0 Å². The molecule has 0 aromatic rings.